The molecular formula is C39H63N3O17. The molecule has 6 fully saturated rings. The van der Waals surface area contributed by atoms with E-state index < -0.39 is 133 Å². The van der Waals surface area contributed by atoms with Crippen molar-refractivity contribution >= 4 is 23.7 Å². The molecule has 0 aliphatic carbocycles. The molecular weight excluding hydrogens is 782 g/mol. The van der Waals surface area contributed by atoms with Crippen LogP contribution in [-0.4, -0.2) is 160 Å². The molecule has 3 unspecified atom stereocenters. The molecule has 20 nitrogen and oxygen atoms in total. The highest BCUT2D eigenvalue weighted by molar-refractivity contribution is 5.82. The van der Waals surface area contributed by atoms with Crippen molar-refractivity contribution in [1.29, 1.82) is 0 Å². The Kier molecular flexibility index (Phi) is 13.4. The SMILES string of the molecule is CO[C@@H]1[C@H]2OC(C)(C)O[C@H]2O[C@@H]1C(CC(C)=O)NC(=O)CC(NC(=O)CC(NC(=O)OC(C)(C)C)[C@H]1O[C@@H]2OC(C)(C)O[C@@H]2[C@H]1OC)[C@H]1O[C@@H]2OC(C)(C)O[C@@H]2[C@H]1OC. The molecule has 0 spiro atoms. The van der Waals surface area contributed by atoms with E-state index in [2.05, 4.69) is 16.0 Å². The fraction of sp³-hybridized carbons (Fsp3) is 0.897. The Morgan fingerprint density at radius 1 is 0.542 bits per heavy atom. The van der Waals surface area contributed by atoms with Crippen LogP contribution in [0.5, 0.6) is 0 Å². The molecule has 15 atom stereocenters. The van der Waals surface area contributed by atoms with Crippen molar-refractivity contribution in [2.45, 2.75) is 203 Å². The van der Waals surface area contributed by atoms with E-state index in [1.165, 1.54) is 28.3 Å². The predicted octanol–water partition coefficient (Wildman–Crippen LogP) is 1.28. The number of alkyl carbamates (subject to hydrolysis) is 1. The highest BCUT2D eigenvalue weighted by atomic mass is 16.9. The Morgan fingerprint density at radius 2 is 0.864 bits per heavy atom. The summed E-state index contributed by atoms with van der Waals surface area (Å²) >= 11 is 0. The van der Waals surface area contributed by atoms with Crippen LogP contribution in [0.4, 0.5) is 4.79 Å². The molecule has 336 valence electrons. The molecule has 6 aliphatic rings. The number of methoxy groups -OCH3 is 3. The number of ketones is 1. The number of carbonyl (C=O) groups excluding carboxylic acids is 4. The van der Waals surface area contributed by atoms with Crippen LogP contribution in [0.15, 0.2) is 0 Å². The summed E-state index contributed by atoms with van der Waals surface area (Å²) in [6, 6.07) is -2.95. The normalized spacial score (nSPS) is 37.8. The summed E-state index contributed by atoms with van der Waals surface area (Å²) in [6.45, 7) is 17.0. The second-order valence-corrected chi connectivity index (χ2v) is 18.2. The zero-order valence-electron chi connectivity index (χ0n) is 36.2. The van der Waals surface area contributed by atoms with Gasteiger partial charge in [0.1, 0.15) is 66.3 Å². The molecule has 0 bridgehead atoms. The lowest BCUT2D eigenvalue weighted by atomic mass is 9.96. The lowest BCUT2D eigenvalue weighted by Crippen LogP contribution is -2.56. The summed E-state index contributed by atoms with van der Waals surface area (Å²) in [7, 11) is 4.43. The molecule has 3 N–H and O–H groups in total. The topological polar surface area (TPSA) is 224 Å². The third-order valence-electron chi connectivity index (χ3n) is 10.8. The quantitative estimate of drug-likeness (QED) is 0.211. The minimum Gasteiger partial charge on any atom is -0.444 e. The minimum atomic E-state index is -1.06. The first-order valence-electron chi connectivity index (χ1n) is 20.1. The van der Waals surface area contributed by atoms with E-state index in [-0.39, 0.29) is 25.0 Å². The third kappa shape index (κ3) is 10.5. The van der Waals surface area contributed by atoms with Gasteiger partial charge in [0, 0.05) is 40.6 Å². The maximum absolute atomic E-state index is 14.3. The number of Topliss-reactive ketones (excluding diaryl/α,β-unsaturated/α-hetero) is 1. The van der Waals surface area contributed by atoms with Crippen molar-refractivity contribution in [2.75, 3.05) is 21.3 Å². The number of fused-ring (bicyclic) bond motifs is 3. The van der Waals surface area contributed by atoms with Crippen molar-refractivity contribution in [1.82, 2.24) is 16.0 Å². The lowest BCUT2D eigenvalue weighted by Gasteiger charge is -2.34. The van der Waals surface area contributed by atoms with E-state index >= 15 is 0 Å². The minimum absolute atomic E-state index is 0.0929. The first-order valence-corrected chi connectivity index (χ1v) is 20.1. The second kappa shape index (κ2) is 17.3. The summed E-state index contributed by atoms with van der Waals surface area (Å²) in [6.07, 6.45) is -11.0. The van der Waals surface area contributed by atoms with Gasteiger partial charge in [0.2, 0.25) is 11.8 Å². The second-order valence-electron chi connectivity index (χ2n) is 18.2. The maximum atomic E-state index is 14.3. The zero-order valence-corrected chi connectivity index (χ0v) is 36.2. The maximum Gasteiger partial charge on any atom is 0.407 e. The van der Waals surface area contributed by atoms with Crippen molar-refractivity contribution in [3.8, 4) is 0 Å². The van der Waals surface area contributed by atoms with E-state index in [4.69, 9.17) is 61.6 Å². The number of carbonyl (C=O) groups is 4. The number of nitrogens with one attached hydrogen (secondary N) is 3. The molecule has 6 saturated heterocycles. The van der Waals surface area contributed by atoms with Gasteiger partial charge < -0.3 is 77.5 Å². The molecule has 0 aromatic carbocycles. The first kappa shape index (κ1) is 45.9. The van der Waals surface area contributed by atoms with Gasteiger partial charge in [0.15, 0.2) is 36.2 Å². The van der Waals surface area contributed by atoms with E-state index in [0.29, 0.717) is 0 Å². The molecule has 6 rings (SSSR count). The van der Waals surface area contributed by atoms with E-state index in [0.717, 1.165) is 0 Å². The Bertz CT molecular complexity index is 1550. The summed E-state index contributed by atoms with van der Waals surface area (Å²) in [5.41, 5.74) is -0.854. The van der Waals surface area contributed by atoms with E-state index in [1.807, 2.05) is 0 Å². The van der Waals surface area contributed by atoms with Crippen LogP contribution in [0.2, 0.25) is 0 Å². The summed E-state index contributed by atoms with van der Waals surface area (Å²) in [5.74, 6) is -4.21. The Morgan fingerprint density at radius 3 is 1.17 bits per heavy atom. The van der Waals surface area contributed by atoms with Gasteiger partial charge in [-0.1, -0.05) is 0 Å². The number of ether oxygens (including phenoxy) is 13. The van der Waals surface area contributed by atoms with Crippen LogP contribution in [0.25, 0.3) is 0 Å². The van der Waals surface area contributed by atoms with Gasteiger partial charge in [-0.05, 0) is 69.2 Å². The number of rotatable bonds is 15. The van der Waals surface area contributed by atoms with Gasteiger partial charge in [-0.15, -0.1) is 0 Å². The zero-order chi connectivity index (χ0) is 43.4. The van der Waals surface area contributed by atoms with Gasteiger partial charge >= 0.3 is 6.09 Å². The standard InChI is InChI=1S/C39H63N3O17/c1-17(43)14-18(23-26(47-11)29-32(50-23)56-37(5,6)53-29)40-21(44)15-19(24-27(48-12)30-33(51-24)57-38(7,8)54-30)41-22(45)16-20(42-35(46)59-36(2,3)4)25-28(49-13)31-34(52-25)58-39(9,10)55-31/h18-20,23-34H,14-16H2,1-13H3,(H,40,44)(H,41,45)(H,42,46)/t18?,19?,20?,23-,24-,25-,26+,27+,28+,29-,30-,31-,32-,33-,34-/m1/s1. The van der Waals surface area contributed by atoms with E-state index in [9.17, 15) is 19.2 Å². The van der Waals surface area contributed by atoms with Gasteiger partial charge in [-0.25, -0.2) is 4.79 Å². The average molecular weight is 846 g/mol. The smallest absolute Gasteiger partial charge is 0.407 e. The van der Waals surface area contributed by atoms with Crippen molar-refractivity contribution in [2.24, 2.45) is 0 Å². The molecule has 59 heavy (non-hydrogen) atoms. The van der Waals surface area contributed by atoms with Gasteiger partial charge in [0.05, 0.1) is 18.1 Å². The molecule has 0 radical (unpaired) electrons. The van der Waals surface area contributed by atoms with Crippen LogP contribution < -0.4 is 16.0 Å². The molecule has 0 saturated carbocycles. The van der Waals surface area contributed by atoms with Gasteiger partial charge in [-0.3, -0.25) is 14.4 Å². The monoisotopic (exact) mass is 845 g/mol. The van der Waals surface area contributed by atoms with Crippen LogP contribution in [0.3, 0.4) is 0 Å². The fourth-order valence-corrected chi connectivity index (χ4v) is 8.74. The highest BCUT2D eigenvalue weighted by Gasteiger charge is 2.60. The van der Waals surface area contributed by atoms with Gasteiger partial charge in [-0.2, -0.15) is 0 Å². The lowest BCUT2D eigenvalue weighted by molar-refractivity contribution is -0.220. The molecule has 6 aliphatic heterocycles. The largest absolute Gasteiger partial charge is 0.444 e. The number of hydrogen-bond donors (Lipinski definition) is 3. The Balaban J connectivity index is 1.23. The molecule has 3 amide bonds. The first-order chi connectivity index (χ1) is 27.4. The summed E-state index contributed by atoms with van der Waals surface area (Å²) in [5, 5.41) is 8.67. The number of amides is 3. The van der Waals surface area contributed by atoms with Gasteiger partial charge in [0.25, 0.3) is 0 Å². The van der Waals surface area contributed by atoms with Crippen LogP contribution in [0, 0.1) is 0 Å². The highest BCUT2D eigenvalue weighted by Crippen LogP contribution is 2.43. The molecule has 6 heterocycles. The van der Waals surface area contributed by atoms with E-state index in [1.54, 1.807) is 62.3 Å². The van der Waals surface area contributed by atoms with Crippen LogP contribution in [0.1, 0.15) is 88.5 Å². The van der Waals surface area contributed by atoms with Crippen molar-refractivity contribution in [3.05, 3.63) is 0 Å². The molecule has 0 aromatic rings. The van der Waals surface area contributed by atoms with Crippen molar-refractivity contribution < 1.29 is 80.8 Å². The molecule has 20 heteroatoms. The number of hydrogen-bond acceptors (Lipinski definition) is 17. The van der Waals surface area contributed by atoms with Crippen LogP contribution in [-0.2, 0) is 76.0 Å². The Labute approximate surface area is 344 Å². The third-order valence-corrected chi connectivity index (χ3v) is 10.8. The fourth-order valence-electron chi connectivity index (χ4n) is 8.74. The molecule has 0 aromatic heterocycles. The summed E-state index contributed by atoms with van der Waals surface area (Å²) < 4.78 is 77.8. The van der Waals surface area contributed by atoms with Crippen LogP contribution >= 0.6 is 0 Å². The Hall–Kier alpha value is -2.60. The predicted molar refractivity (Wildman–Crippen MR) is 200 cm³/mol. The van der Waals surface area contributed by atoms with Crippen molar-refractivity contribution in [3.63, 3.8) is 0 Å². The summed E-state index contributed by atoms with van der Waals surface area (Å²) in [4.78, 5) is 54.2. The average Bonchev–Trinajstić information content (AvgIpc) is 3.89.